The number of hydrogen-bond acceptors (Lipinski definition) is 6. The molecule has 0 spiro atoms. The predicted molar refractivity (Wildman–Crippen MR) is 99.4 cm³/mol. The number of fused-ring (bicyclic) bond motifs is 4. The SMILES string of the molecule is Cc1ncc(C)n2nc(CCc3nc4c5c(ccc4n3C)OCCO5)nc12. The summed E-state index contributed by atoms with van der Waals surface area (Å²) >= 11 is 0. The van der Waals surface area contributed by atoms with Crippen molar-refractivity contribution >= 4 is 16.7 Å². The molecule has 0 N–H and O–H groups in total. The smallest absolute Gasteiger partial charge is 0.189 e. The summed E-state index contributed by atoms with van der Waals surface area (Å²) in [5, 5.41) is 4.63. The molecule has 0 saturated heterocycles. The second-order valence-electron chi connectivity index (χ2n) is 6.79. The van der Waals surface area contributed by atoms with E-state index >= 15 is 0 Å². The lowest BCUT2D eigenvalue weighted by atomic mass is 10.2. The normalized spacial score (nSPS) is 13.6. The maximum atomic E-state index is 5.80. The van der Waals surface area contributed by atoms with Crippen LogP contribution in [0.3, 0.4) is 0 Å². The van der Waals surface area contributed by atoms with Crippen molar-refractivity contribution < 1.29 is 9.47 Å². The van der Waals surface area contributed by atoms with E-state index in [1.54, 1.807) is 0 Å². The fourth-order valence-electron chi connectivity index (χ4n) is 3.50. The van der Waals surface area contributed by atoms with E-state index in [1.807, 2.05) is 43.7 Å². The molecule has 138 valence electrons. The maximum Gasteiger partial charge on any atom is 0.189 e. The molecule has 0 amide bonds. The van der Waals surface area contributed by atoms with Gasteiger partial charge in [-0.15, -0.1) is 0 Å². The number of ether oxygens (including phenoxy) is 2. The lowest BCUT2D eigenvalue weighted by Gasteiger charge is -2.18. The van der Waals surface area contributed by atoms with E-state index in [9.17, 15) is 0 Å². The number of aromatic nitrogens is 6. The third kappa shape index (κ3) is 2.51. The van der Waals surface area contributed by atoms with Gasteiger partial charge in [0, 0.05) is 26.1 Å². The Balaban J connectivity index is 1.47. The van der Waals surface area contributed by atoms with Gasteiger partial charge in [-0.1, -0.05) is 0 Å². The van der Waals surface area contributed by atoms with E-state index in [1.165, 1.54) is 0 Å². The largest absolute Gasteiger partial charge is 0.486 e. The lowest BCUT2D eigenvalue weighted by Crippen LogP contribution is -2.15. The van der Waals surface area contributed by atoms with Crippen LogP contribution in [-0.2, 0) is 19.9 Å². The van der Waals surface area contributed by atoms with Crippen LogP contribution in [0.25, 0.3) is 16.7 Å². The summed E-state index contributed by atoms with van der Waals surface area (Å²) in [6.07, 6.45) is 3.26. The van der Waals surface area contributed by atoms with Gasteiger partial charge in [-0.3, -0.25) is 4.98 Å². The average Bonchev–Trinajstić information content (AvgIpc) is 3.26. The van der Waals surface area contributed by atoms with Crippen LogP contribution in [-0.4, -0.2) is 42.3 Å². The summed E-state index contributed by atoms with van der Waals surface area (Å²) in [4.78, 5) is 13.8. The van der Waals surface area contributed by atoms with Crippen molar-refractivity contribution in [2.75, 3.05) is 13.2 Å². The number of imidazole rings is 1. The molecule has 0 fully saturated rings. The molecule has 1 aliphatic rings. The molecule has 0 unspecified atom stereocenters. The summed E-state index contributed by atoms with van der Waals surface area (Å²) < 4.78 is 15.4. The minimum Gasteiger partial charge on any atom is -0.486 e. The van der Waals surface area contributed by atoms with Crippen LogP contribution in [0.5, 0.6) is 11.5 Å². The van der Waals surface area contributed by atoms with Crippen LogP contribution < -0.4 is 9.47 Å². The molecule has 0 saturated carbocycles. The highest BCUT2D eigenvalue weighted by Crippen LogP contribution is 2.37. The first-order valence-electron chi connectivity index (χ1n) is 9.03. The molecule has 4 heterocycles. The zero-order valence-corrected chi connectivity index (χ0v) is 15.6. The van der Waals surface area contributed by atoms with Crippen LogP contribution >= 0.6 is 0 Å². The van der Waals surface area contributed by atoms with Gasteiger partial charge in [0.15, 0.2) is 23.0 Å². The molecule has 0 atom stereocenters. The van der Waals surface area contributed by atoms with Crippen molar-refractivity contribution in [3.63, 3.8) is 0 Å². The Morgan fingerprint density at radius 2 is 1.93 bits per heavy atom. The number of benzene rings is 1. The maximum absolute atomic E-state index is 5.80. The van der Waals surface area contributed by atoms with Crippen LogP contribution in [0.2, 0.25) is 0 Å². The van der Waals surface area contributed by atoms with E-state index in [4.69, 9.17) is 14.5 Å². The Morgan fingerprint density at radius 1 is 1.07 bits per heavy atom. The molecule has 4 aromatic rings. The zero-order chi connectivity index (χ0) is 18.5. The first-order valence-corrected chi connectivity index (χ1v) is 9.03. The Labute approximate surface area is 155 Å². The minimum atomic E-state index is 0.552. The summed E-state index contributed by atoms with van der Waals surface area (Å²) in [6, 6.07) is 3.98. The zero-order valence-electron chi connectivity index (χ0n) is 15.6. The van der Waals surface area contributed by atoms with Gasteiger partial charge in [0.25, 0.3) is 0 Å². The molecule has 1 aromatic carbocycles. The van der Waals surface area contributed by atoms with Gasteiger partial charge in [0.05, 0.1) is 16.9 Å². The molecule has 0 bridgehead atoms. The van der Waals surface area contributed by atoms with Crippen molar-refractivity contribution in [2.45, 2.75) is 26.7 Å². The Hall–Kier alpha value is -3.16. The highest BCUT2D eigenvalue weighted by atomic mass is 16.6. The predicted octanol–water partition coefficient (Wildman–Crippen LogP) is 2.18. The van der Waals surface area contributed by atoms with Crippen LogP contribution in [0, 0.1) is 13.8 Å². The number of nitrogens with zero attached hydrogens (tertiary/aromatic N) is 6. The standard InChI is InChI=1S/C19H20N6O2/c1-11-10-20-12(2)19-21-15(23-25(11)19)6-7-16-22-17-13(24(16)3)4-5-14-18(17)27-9-8-26-14/h4-5,10H,6-9H2,1-3H3. The molecular formula is C19H20N6O2. The molecule has 3 aromatic heterocycles. The molecule has 27 heavy (non-hydrogen) atoms. The first-order chi connectivity index (χ1) is 13.1. The van der Waals surface area contributed by atoms with Crippen molar-refractivity contribution in [1.82, 2.24) is 29.1 Å². The van der Waals surface area contributed by atoms with Crippen molar-refractivity contribution in [2.24, 2.45) is 7.05 Å². The van der Waals surface area contributed by atoms with Crippen LogP contribution in [0.1, 0.15) is 23.0 Å². The number of aryl methyl sites for hydroxylation is 5. The second kappa shape index (κ2) is 5.94. The summed E-state index contributed by atoms with van der Waals surface area (Å²) in [7, 11) is 2.02. The molecule has 1 aliphatic heterocycles. The fourth-order valence-corrected chi connectivity index (χ4v) is 3.50. The van der Waals surface area contributed by atoms with Gasteiger partial charge in [0.1, 0.15) is 24.6 Å². The van der Waals surface area contributed by atoms with E-state index in [-0.39, 0.29) is 0 Å². The van der Waals surface area contributed by atoms with Gasteiger partial charge in [-0.05, 0) is 26.0 Å². The summed E-state index contributed by atoms with van der Waals surface area (Å²) in [6.45, 7) is 5.06. The summed E-state index contributed by atoms with van der Waals surface area (Å²) in [5.74, 6) is 3.27. The van der Waals surface area contributed by atoms with E-state index < -0.39 is 0 Å². The molecule has 8 heteroatoms. The average molecular weight is 364 g/mol. The number of rotatable bonds is 3. The molecule has 0 aliphatic carbocycles. The van der Waals surface area contributed by atoms with E-state index in [0.717, 1.165) is 57.6 Å². The van der Waals surface area contributed by atoms with Crippen LogP contribution in [0.15, 0.2) is 18.3 Å². The van der Waals surface area contributed by atoms with Gasteiger partial charge in [-0.2, -0.15) is 5.10 Å². The highest BCUT2D eigenvalue weighted by Gasteiger charge is 2.20. The van der Waals surface area contributed by atoms with Gasteiger partial charge >= 0.3 is 0 Å². The first kappa shape index (κ1) is 16.0. The van der Waals surface area contributed by atoms with Gasteiger partial charge in [-0.25, -0.2) is 14.5 Å². The fraction of sp³-hybridized carbons (Fsp3) is 0.368. The second-order valence-corrected chi connectivity index (χ2v) is 6.79. The highest BCUT2D eigenvalue weighted by molar-refractivity contribution is 5.85. The summed E-state index contributed by atoms with van der Waals surface area (Å²) in [5.41, 5.74) is 4.55. The van der Waals surface area contributed by atoms with E-state index in [2.05, 4.69) is 19.6 Å². The van der Waals surface area contributed by atoms with Gasteiger partial charge < -0.3 is 14.0 Å². The Morgan fingerprint density at radius 3 is 2.78 bits per heavy atom. The van der Waals surface area contributed by atoms with Crippen molar-refractivity contribution in [3.05, 3.63) is 41.4 Å². The number of hydrogen-bond donors (Lipinski definition) is 0. The minimum absolute atomic E-state index is 0.552. The van der Waals surface area contributed by atoms with E-state index in [0.29, 0.717) is 19.6 Å². The van der Waals surface area contributed by atoms with Gasteiger partial charge in [0.2, 0.25) is 0 Å². The quantitative estimate of drug-likeness (QED) is 0.554. The molecule has 8 nitrogen and oxygen atoms in total. The van der Waals surface area contributed by atoms with Crippen LogP contribution in [0.4, 0.5) is 0 Å². The van der Waals surface area contributed by atoms with Crippen molar-refractivity contribution in [1.29, 1.82) is 0 Å². The third-order valence-corrected chi connectivity index (χ3v) is 4.98. The Bertz CT molecular complexity index is 1140. The van der Waals surface area contributed by atoms with Crippen molar-refractivity contribution in [3.8, 4) is 11.5 Å². The molecular weight excluding hydrogens is 344 g/mol. The molecule has 0 radical (unpaired) electrons. The lowest BCUT2D eigenvalue weighted by molar-refractivity contribution is 0.173. The third-order valence-electron chi connectivity index (χ3n) is 4.98. The topological polar surface area (TPSA) is 79.4 Å². The Kier molecular flexibility index (Phi) is 3.53. The monoisotopic (exact) mass is 364 g/mol. The molecule has 5 rings (SSSR count).